The van der Waals surface area contributed by atoms with E-state index < -0.39 is 0 Å². The van der Waals surface area contributed by atoms with Gasteiger partial charge in [0, 0.05) is 23.4 Å². The molecule has 1 heterocycles. The number of hydrogen-bond acceptors (Lipinski definition) is 4. The summed E-state index contributed by atoms with van der Waals surface area (Å²) in [5.41, 5.74) is 1.72. The van der Waals surface area contributed by atoms with Gasteiger partial charge in [0.15, 0.2) is 0 Å². The molecule has 4 rings (SSSR count). The van der Waals surface area contributed by atoms with E-state index in [-0.39, 0.29) is 17.1 Å². The molecule has 0 spiro atoms. The monoisotopic (exact) mass is 368 g/mol. The average Bonchev–Trinajstić information content (AvgIpc) is 2.64. The van der Waals surface area contributed by atoms with Gasteiger partial charge in [-0.25, -0.2) is 4.79 Å². The lowest BCUT2D eigenvalue weighted by atomic mass is 9.52. The standard InChI is InChI=1S/C23H28O4/c1-14-4-8-18-15(2)20(24)10-11-23(18,3)19(14)13-26-17-7-5-16-6-9-22(25)27-21(16)12-17/h4-7,9,12,15,18-20,24H,8,10-11,13H2,1-3H3/t15-,18-,19-,20+,23-/m1/s1. The zero-order chi connectivity index (χ0) is 19.2. The van der Waals surface area contributed by atoms with Gasteiger partial charge >= 0.3 is 5.63 Å². The number of benzene rings is 1. The molecule has 0 amide bonds. The van der Waals surface area contributed by atoms with E-state index in [1.807, 2.05) is 12.1 Å². The van der Waals surface area contributed by atoms with Gasteiger partial charge in [0.2, 0.25) is 0 Å². The van der Waals surface area contributed by atoms with Crippen LogP contribution in [0.5, 0.6) is 5.75 Å². The van der Waals surface area contributed by atoms with Crippen LogP contribution in [0.1, 0.15) is 40.0 Å². The molecule has 2 aliphatic rings. The Kier molecular flexibility index (Phi) is 4.63. The maximum absolute atomic E-state index is 11.5. The van der Waals surface area contributed by atoms with Crippen molar-refractivity contribution in [3.05, 3.63) is 52.4 Å². The smallest absolute Gasteiger partial charge is 0.336 e. The first-order chi connectivity index (χ1) is 12.9. The zero-order valence-corrected chi connectivity index (χ0v) is 16.3. The van der Waals surface area contributed by atoms with E-state index in [0.717, 1.165) is 30.4 Å². The van der Waals surface area contributed by atoms with Crippen molar-refractivity contribution in [2.24, 2.45) is 23.2 Å². The van der Waals surface area contributed by atoms with Crippen LogP contribution in [0.25, 0.3) is 11.0 Å². The Morgan fingerprint density at radius 2 is 2.07 bits per heavy atom. The second-order valence-corrected chi connectivity index (χ2v) is 8.58. The summed E-state index contributed by atoms with van der Waals surface area (Å²) in [5.74, 6) is 1.84. The molecule has 2 aromatic rings. The number of aliphatic hydroxyl groups is 1. The highest BCUT2D eigenvalue weighted by atomic mass is 16.5. The number of rotatable bonds is 3. The van der Waals surface area contributed by atoms with E-state index in [4.69, 9.17) is 9.15 Å². The summed E-state index contributed by atoms with van der Waals surface area (Å²) in [7, 11) is 0. The van der Waals surface area contributed by atoms with Crippen LogP contribution in [-0.2, 0) is 0 Å². The van der Waals surface area contributed by atoms with Gasteiger partial charge in [-0.3, -0.25) is 0 Å². The van der Waals surface area contributed by atoms with Crippen LogP contribution in [0.15, 0.2) is 51.2 Å². The van der Waals surface area contributed by atoms with Crippen LogP contribution in [-0.4, -0.2) is 17.8 Å². The first-order valence-corrected chi connectivity index (χ1v) is 9.90. The van der Waals surface area contributed by atoms with Gasteiger partial charge < -0.3 is 14.3 Å². The van der Waals surface area contributed by atoms with Crippen LogP contribution < -0.4 is 10.4 Å². The van der Waals surface area contributed by atoms with Crippen LogP contribution in [0.4, 0.5) is 0 Å². The Hall–Kier alpha value is -2.07. The minimum Gasteiger partial charge on any atom is -0.493 e. The van der Waals surface area contributed by atoms with E-state index >= 15 is 0 Å². The first kappa shape index (κ1) is 18.3. The predicted molar refractivity (Wildman–Crippen MR) is 106 cm³/mol. The number of aliphatic hydroxyl groups excluding tert-OH is 1. The summed E-state index contributed by atoms with van der Waals surface area (Å²) >= 11 is 0. The fourth-order valence-corrected chi connectivity index (χ4v) is 5.30. The fraction of sp³-hybridized carbons (Fsp3) is 0.522. The molecule has 0 radical (unpaired) electrons. The molecule has 27 heavy (non-hydrogen) atoms. The molecule has 2 aliphatic carbocycles. The van der Waals surface area contributed by atoms with E-state index in [1.54, 1.807) is 12.1 Å². The molecule has 1 aromatic heterocycles. The molecule has 0 saturated heterocycles. The SMILES string of the molecule is CC1=CC[C@@H]2[C@@H](C)[C@@H](O)CC[C@@]2(C)[C@@H]1COc1ccc2ccc(=O)oc2c1. The van der Waals surface area contributed by atoms with E-state index in [0.29, 0.717) is 29.9 Å². The van der Waals surface area contributed by atoms with Gasteiger partial charge in [-0.05, 0) is 61.6 Å². The Morgan fingerprint density at radius 1 is 1.30 bits per heavy atom. The molecule has 1 fully saturated rings. The van der Waals surface area contributed by atoms with Crippen molar-refractivity contribution in [1.82, 2.24) is 0 Å². The van der Waals surface area contributed by atoms with E-state index in [2.05, 4.69) is 26.8 Å². The number of ether oxygens (including phenoxy) is 1. The van der Waals surface area contributed by atoms with Crippen molar-refractivity contribution in [1.29, 1.82) is 0 Å². The molecule has 4 nitrogen and oxygen atoms in total. The topological polar surface area (TPSA) is 59.7 Å². The third kappa shape index (κ3) is 3.20. The van der Waals surface area contributed by atoms with Crippen LogP contribution in [0.2, 0.25) is 0 Å². The molecule has 5 atom stereocenters. The number of fused-ring (bicyclic) bond motifs is 2. The quantitative estimate of drug-likeness (QED) is 0.638. The summed E-state index contributed by atoms with van der Waals surface area (Å²) in [4.78, 5) is 11.5. The highest BCUT2D eigenvalue weighted by Gasteiger charge is 2.50. The Morgan fingerprint density at radius 3 is 2.89 bits per heavy atom. The van der Waals surface area contributed by atoms with Gasteiger partial charge in [-0.2, -0.15) is 0 Å². The highest BCUT2D eigenvalue weighted by molar-refractivity contribution is 5.77. The van der Waals surface area contributed by atoms with Crippen molar-refractivity contribution >= 4 is 11.0 Å². The van der Waals surface area contributed by atoms with Crippen molar-refractivity contribution in [3.63, 3.8) is 0 Å². The lowest BCUT2D eigenvalue weighted by molar-refractivity contribution is -0.0671. The Labute approximate surface area is 159 Å². The predicted octanol–water partition coefficient (Wildman–Crippen LogP) is 4.55. The second-order valence-electron chi connectivity index (χ2n) is 8.58. The number of allylic oxidation sites excluding steroid dienone is 1. The largest absolute Gasteiger partial charge is 0.493 e. The normalized spacial score (nSPS) is 33.4. The van der Waals surface area contributed by atoms with Gasteiger partial charge in [0.05, 0.1) is 12.7 Å². The van der Waals surface area contributed by atoms with Gasteiger partial charge in [-0.1, -0.05) is 25.5 Å². The lowest BCUT2D eigenvalue weighted by Crippen LogP contribution is -2.50. The maximum Gasteiger partial charge on any atom is 0.336 e. The number of hydrogen-bond donors (Lipinski definition) is 1. The molecule has 1 saturated carbocycles. The molecular formula is C23H28O4. The summed E-state index contributed by atoms with van der Waals surface area (Å²) in [6.07, 6.45) is 5.06. The molecule has 4 heteroatoms. The van der Waals surface area contributed by atoms with Crippen molar-refractivity contribution in [2.75, 3.05) is 6.61 Å². The fourth-order valence-electron chi connectivity index (χ4n) is 5.30. The molecule has 0 bridgehead atoms. The second kappa shape index (κ2) is 6.83. The zero-order valence-electron chi connectivity index (χ0n) is 16.3. The van der Waals surface area contributed by atoms with Crippen LogP contribution in [0.3, 0.4) is 0 Å². The van der Waals surface area contributed by atoms with Crippen LogP contribution in [0, 0.1) is 23.2 Å². The summed E-state index contributed by atoms with van der Waals surface area (Å²) < 4.78 is 11.4. The summed E-state index contributed by atoms with van der Waals surface area (Å²) in [6, 6.07) is 8.84. The van der Waals surface area contributed by atoms with E-state index in [9.17, 15) is 9.90 Å². The maximum atomic E-state index is 11.5. The van der Waals surface area contributed by atoms with Crippen molar-refractivity contribution in [3.8, 4) is 5.75 Å². The third-order valence-corrected chi connectivity index (χ3v) is 7.12. The Balaban J connectivity index is 1.57. The van der Waals surface area contributed by atoms with Crippen molar-refractivity contribution < 1.29 is 14.3 Å². The molecule has 0 unspecified atom stereocenters. The Bertz CT molecular complexity index is 927. The molecular weight excluding hydrogens is 340 g/mol. The third-order valence-electron chi connectivity index (χ3n) is 7.12. The molecule has 1 aromatic carbocycles. The van der Waals surface area contributed by atoms with Gasteiger partial charge in [0.1, 0.15) is 11.3 Å². The molecule has 144 valence electrons. The lowest BCUT2D eigenvalue weighted by Gasteiger charge is -2.53. The average molecular weight is 368 g/mol. The minimum absolute atomic E-state index is 0.140. The highest BCUT2D eigenvalue weighted by Crippen LogP contribution is 2.55. The van der Waals surface area contributed by atoms with E-state index in [1.165, 1.54) is 11.6 Å². The van der Waals surface area contributed by atoms with Crippen molar-refractivity contribution in [2.45, 2.75) is 46.1 Å². The summed E-state index contributed by atoms with van der Waals surface area (Å²) in [6.45, 7) is 7.35. The van der Waals surface area contributed by atoms with Gasteiger partial charge in [-0.15, -0.1) is 0 Å². The molecule has 0 aliphatic heterocycles. The first-order valence-electron chi connectivity index (χ1n) is 9.90. The molecule has 1 N–H and O–H groups in total. The van der Waals surface area contributed by atoms with Crippen LogP contribution >= 0.6 is 0 Å². The minimum atomic E-state index is -0.351. The van der Waals surface area contributed by atoms with Gasteiger partial charge in [0.25, 0.3) is 0 Å². The summed E-state index contributed by atoms with van der Waals surface area (Å²) in [5, 5.41) is 11.2.